The topological polar surface area (TPSA) is 35.6 Å². The highest BCUT2D eigenvalue weighted by Gasteiger charge is 2.28. The Hall–Kier alpha value is -0.610. The third-order valence-electron chi connectivity index (χ3n) is 3.76. The summed E-state index contributed by atoms with van der Waals surface area (Å²) in [5.74, 6) is 1.08. The molecule has 2 rings (SSSR count). The zero-order valence-corrected chi connectivity index (χ0v) is 10.4. The molecule has 0 aromatic rings. The van der Waals surface area contributed by atoms with Gasteiger partial charge in [0.05, 0.1) is 6.54 Å². The first kappa shape index (κ1) is 11.9. The summed E-state index contributed by atoms with van der Waals surface area (Å²) in [6.07, 6.45) is 2.66. The molecular formula is C12H23N3O. The number of nitrogens with zero attached hydrogens (tertiary/aromatic N) is 2. The summed E-state index contributed by atoms with van der Waals surface area (Å²) in [5.41, 5.74) is 0. The van der Waals surface area contributed by atoms with E-state index >= 15 is 0 Å². The summed E-state index contributed by atoms with van der Waals surface area (Å²) in [7, 11) is 2.11. The van der Waals surface area contributed by atoms with Crippen molar-refractivity contribution in [2.75, 3.05) is 39.8 Å². The third-order valence-corrected chi connectivity index (χ3v) is 3.76. The molecule has 4 heteroatoms. The third kappa shape index (κ3) is 3.19. The van der Waals surface area contributed by atoms with Gasteiger partial charge in [-0.05, 0) is 32.7 Å². The Kier molecular flexibility index (Phi) is 3.82. The van der Waals surface area contributed by atoms with Gasteiger partial charge in [0.1, 0.15) is 0 Å². The van der Waals surface area contributed by atoms with Crippen LogP contribution in [0.2, 0.25) is 0 Å². The summed E-state index contributed by atoms with van der Waals surface area (Å²) in [6, 6.07) is 0.511. The average molecular weight is 225 g/mol. The summed E-state index contributed by atoms with van der Waals surface area (Å²) in [6.45, 7) is 6.48. The van der Waals surface area contributed by atoms with Gasteiger partial charge in [0, 0.05) is 32.2 Å². The fourth-order valence-corrected chi connectivity index (χ4v) is 2.18. The van der Waals surface area contributed by atoms with Crippen LogP contribution in [0.4, 0.5) is 0 Å². The molecule has 1 saturated heterocycles. The standard InChI is InChI=1S/C12H23N3O/c1-10(11-3-4-11)13-9-12(16)15-7-5-14(2)6-8-15/h10-11,13H,3-9H2,1-2H3. The highest BCUT2D eigenvalue weighted by Crippen LogP contribution is 2.32. The predicted octanol–water partition coefficient (Wildman–Crippen LogP) is 0.149. The van der Waals surface area contributed by atoms with Gasteiger partial charge >= 0.3 is 0 Å². The Morgan fingerprint density at radius 1 is 1.31 bits per heavy atom. The summed E-state index contributed by atoms with van der Waals surface area (Å²) >= 11 is 0. The Labute approximate surface area is 98.0 Å². The zero-order chi connectivity index (χ0) is 11.5. The lowest BCUT2D eigenvalue weighted by molar-refractivity contribution is -0.131. The number of likely N-dealkylation sites (N-methyl/N-ethyl adjacent to an activating group) is 1. The molecule has 1 unspecified atom stereocenters. The van der Waals surface area contributed by atoms with Crippen LogP contribution in [0.5, 0.6) is 0 Å². The predicted molar refractivity (Wildman–Crippen MR) is 64.3 cm³/mol. The van der Waals surface area contributed by atoms with Crippen molar-refractivity contribution in [2.24, 2.45) is 5.92 Å². The smallest absolute Gasteiger partial charge is 0.236 e. The van der Waals surface area contributed by atoms with Crippen LogP contribution in [-0.4, -0.2) is 61.5 Å². The molecule has 0 bridgehead atoms. The van der Waals surface area contributed by atoms with Crippen molar-refractivity contribution < 1.29 is 4.79 Å². The lowest BCUT2D eigenvalue weighted by atomic mass is 10.2. The van der Waals surface area contributed by atoms with Crippen LogP contribution in [0.3, 0.4) is 0 Å². The van der Waals surface area contributed by atoms with Crippen LogP contribution >= 0.6 is 0 Å². The van der Waals surface area contributed by atoms with Crippen molar-refractivity contribution in [3.63, 3.8) is 0 Å². The maximum Gasteiger partial charge on any atom is 0.236 e. The molecular weight excluding hydrogens is 202 g/mol. The summed E-state index contributed by atoms with van der Waals surface area (Å²) in [5, 5.41) is 3.35. The van der Waals surface area contributed by atoms with Crippen molar-refractivity contribution in [3.8, 4) is 0 Å². The molecule has 1 N–H and O–H groups in total. The summed E-state index contributed by atoms with van der Waals surface area (Å²) < 4.78 is 0. The van der Waals surface area contributed by atoms with E-state index in [2.05, 4.69) is 24.2 Å². The number of carbonyl (C=O) groups is 1. The molecule has 0 aromatic heterocycles. The van der Waals surface area contributed by atoms with Gasteiger partial charge < -0.3 is 15.1 Å². The van der Waals surface area contributed by atoms with Gasteiger partial charge in [-0.3, -0.25) is 4.79 Å². The second kappa shape index (κ2) is 5.15. The maximum atomic E-state index is 11.9. The highest BCUT2D eigenvalue weighted by atomic mass is 16.2. The minimum absolute atomic E-state index is 0.264. The van der Waals surface area contributed by atoms with E-state index in [1.54, 1.807) is 0 Å². The van der Waals surface area contributed by atoms with E-state index in [1.165, 1.54) is 12.8 Å². The average Bonchev–Trinajstić information content (AvgIpc) is 3.10. The van der Waals surface area contributed by atoms with Gasteiger partial charge in [0.25, 0.3) is 0 Å². The number of piperazine rings is 1. The second-order valence-corrected chi connectivity index (χ2v) is 5.19. The van der Waals surface area contributed by atoms with Crippen molar-refractivity contribution in [2.45, 2.75) is 25.8 Å². The zero-order valence-electron chi connectivity index (χ0n) is 10.4. The number of amides is 1. The number of hydrogen-bond donors (Lipinski definition) is 1. The van der Waals surface area contributed by atoms with Gasteiger partial charge in [-0.25, -0.2) is 0 Å². The molecule has 2 aliphatic rings. The number of rotatable bonds is 4. The molecule has 1 aliphatic heterocycles. The Bertz CT molecular complexity index is 245. The molecule has 0 radical (unpaired) electrons. The Morgan fingerprint density at radius 2 is 1.94 bits per heavy atom. The van der Waals surface area contributed by atoms with E-state index in [0.29, 0.717) is 12.6 Å². The van der Waals surface area contributed by atoms with E-state index in [4.69, 9.17) is 0 Å². The van der Waals surface area contributed by atoms with Crippen LogP contribution in [-0.2, 0) is 4.79 Å². The molecule has 1 amide bonds. The molecule has 0 aromatic carbocycles. The monoisotopic (exact) mass is 225 g/mol. The SMILES string of the molecule is CC(NCC(=O)N1CCN(C)CC1)C1CC1. The molecule has 1 aliphatic carbocycles. The van der Waals surface area contributed by atoms with E-state index in [9.17, 15) is 4.79 Å². The van der Waals surface area contributed by atoms with E-state index in [0.717, 1.165) is 32.1 Å². The van der Waals surface area contributed by atoms with Crippen molar-refractivity contribution in [1.82, 2.24) is 15.1 Å². The molecule has 4 nitrogen and oxygen atoms in total. The fraction of sp³-hybridized carbons (Fsp3) is 0.917. The van der Waals surface area contributed by atoms with Gasteiger partial charge in [-0.2, -0.15) is 0 Å². The lowest BCUT2D eigenvalue weighted by Gasteiger charge is -2.32. The van der Waals surface area contributed by atoms with Crippen molar-refractivity contribution in [1.29, 1.82) is 0 Å². The number of hydrogen-bond acceptors (Lipinski definition) is 3. The first-order chi connectivity index (χ1) is 7.66. The van der Waals surface area contributed by atoms with Crippen LogP contribution < -0.4 is 5.32 Å². The van der Waals surface area contributed by atoms with Gasteiger partial charge in [0.2, 0.25) is 5.91 Å². The summed E-state index contributed by atoms with van der Waals surface area (Å²) in [4.78, 5) is 16.1. The minimum atomic E-state index is 0.264. The Morgan fingerprint density at radius 3 is 2.50 bits per heavy atom. The quantitative estimate of drug-likeness (QED) is 0.740. The van der Waals surface area contributed by atoms with Crippen LogP contribution in [0.1, 0.15) is 19.8 Å². The molecule has 2 fully saturated rings. The fourth-order valence-electron chi connectivity index (χ4n) is 2.18. The maximum absolute atomic E-state index is 11.9. The molecule has 1 atom stereocenters. The molecule has 0 spiro atoms. The van der Waals surface area contributed by atoms with Gasteiger partial charge in [0.15, 0.2) is 0 Å². The highest BCUT2D eigenvalue weighted by molar-refractivity contribution is 5.78. The van der Waals surface area contributed by atoms with Crippen LogP contribution in [0.25, 0.3) is 0 Å². The largest absolute Gasteiger partial charge is 0.339 e. The number of carbonyl (C=O) groups excluding carboxylic acids is 1. The molecule has 92 valence electrons. The first-order valence-electron chi connectivity index (χ1n) is 6.36. The minimum Gasteiger partial charge on any atom is -0.339 e. The van der Waals surface area contributed by atoms with Crippen LogP contribution in [0, 0.1) is 5.92 Å². The second-order valence-electron chi connectivity index (χ2n) is 5.19. The molecule has 1 heterocycles. The number of nitrogens with one attached hydrogen (secondary N) is 1. The van der Waals surface area contributed by atoms with Gasteiger partial charge in [-0.1, -0.05) is 0 Å². The lowest BCUT2D eigenvalue weighted by Crippen LogP contribution is -2.50. The Balaban J connectivity index is 1.66. The van der Waals surface area contributed by atoms with Crippen molar-refractivity contribution in [3.05, 3.63) is 0 Å². The van der Waals surface area contributed by atoms with Gasteiger partial charge in [-0.15, -0.1) is 0 Å². The normalized spacial score (nSPS) is 24.5. The first-order valence-corrected chi connectivity index (χ1v) is 6.36. The molecule has 16 heavy (non-hydrogen) atoms. The van der Waals surface area contributed by atoms with E-state index < -0.39 is 0 Å². The molecule has 1 saturated carbocycles. The van der Waals surface area contributed by atoms with E-state index in [1.807, 2.05) is 4.90 Å². The van der Waals surface area contributed by atoms with Crippen molar-refractivity contribution >= 4 is 5.91 Å². The van der Waals surface area contributed by atoms with E-state index in [-0.39, 0.29) is 5.91 Å². The van der Waals surface area contributed by atoms with Crippen LogP contribution in [0.15, 0.2) is 0 Å².